The van der Waals surface area contributed by atoms with Gasteiger partial charge in [-0.3, -0.25) is 0 Å². The van der Waals surface area contributed by atoms with Crippen LogP contribution in [0.3, 0.4) is 0 Å². The number of nitrogens with one attached hydrogen (secondary N) is 2. The van der Waals surface area contributed by atoms with E-state index in [0.29, 0.717) is 17.0 Å². The normalized spacial score (nSPS) is 11.3. The maximum absolute atomic E-state index is 12.3. The fourth-order valence-electron chi connectivity index (χ4n) is 2.23. The van der Waals surface area contributed by atoms with E-state index in [2.05, 4.69) is 10.6 Å². The van der Waals surface area contributed by atoms with Gasteiger partial charge in [-0.05, 0) is 36.2 Å². The molecule has 0 spiro atoms. The molecule has 0 bridgehead atoms. The number of amides is 2. The molecule has 0 radical (unpaired) electrons. The summed E-state index contributed by atoms with van der Waals surface area (Å²) < 4.78 is 9.91. The Morgan fingerprint density at radius 1 is 1.04 bits per heavy atom. The second-order valence-electron chi connectivity index (χ2n) is 5.15. The molecule has 126 valence electrons. The number of anilines is 1. The van der Waals surface area contributed by atoms with Gasteiger partial charge in [0.25, 0.3) is 0 Å². The molecule has 24 heavy (non-hydrogen) atoms. The van der Waals surface area contributed by atoms with Crippen molar-refractivity contribution in [2.45, 2.75) is 13.0 Å². The van der Waals surface area contributed by atoms with Gasteiger partial charge in [0.1, 0.15) is 5.75 Å². The fourth-order valence-corrected chi connectivity index (χ4v) is 2.23. The first-order chi connectivity index (χ1) is 11.5. The number of carbonyl (C=O) groups is 2. The second-order valence-corrected chi connectivity index (χ2v) is 5.15. The highest BCUT2D eigenvalue weighted by atomic mass is 16.5. The van der Waals surface area contributed by atoms with E-state index in [-0.39, 0.29) is 0 Å². The minimum atomic E-state index is -0.880. The molecule has 1 unspecified atom stereocenters. The van der Waals surface area contributed by atoms with Crippen LogP contribution in [0.2, 0.25) is 0 Å². The Morgan fingerprint density at radius 2 is 1.75 bits per heavy atom. The van der Waals surface area contributed by atoms with Gasteiger partial charge in [-0.2, -0.15) is 0 Å². The number of hydrogen-bond donors (Lipinski definition) is 2. The highest BCUT2D eigenvalue weighted by molar-refractivity contribution is 5.93. The Hall–Kier alpha value is -3.02. The molecule has 6 nitrogen and oxygen atoms in total. The first kappa shape index (κ1) is 17.3. The molecule has 1 atom stereocenters. The van der Waals surface area contributed by atoms with Gasteiger partial charge in [-0.1, -0.05) is 30.3 Å². The maximum Gasteiger partial charge on any atom is 0.333 e. The molecule has 0 aliphatic heterocycles. The predicted molar refractivity (Wildman–Crippen MR) is 91.1 cm³/mol. The molecular weight excluding hydrogens is 308 g/mol. The van der Waals surface area contributed by atoms with Crippen molar-refractivity contribution in [2.24, 2.45) is 0 Å². The number of hydrogen-bond acceptors (Lipinski definition) is 4. The minimum absolute atomic E-state index is 0.498. The molecule has 0 aliphatic carbocycles. The van der Waals surface area contributed by atoms with Gasteiger partial charge in [0, 0.05) is 5.69 Å². The van der Waals surface area contributed by atoms with Crippen molar-refractivity contribution in [2.75, 3.05) is 19.5 Å². The smallest absolute Gasteiger partial charge is 0.333 e. The average Bonchev–Trinajstić information content (AvgIpc) is 2.61. The lowest BCUT2D eigenvalue weighted by molar-refractivity contribution is -0.143. The number of methoxy groups -OCH3 is 2. The molecule has 0 heterocycles. The first-order valence-electron chi connectivity index (χ1n) is 7.40. The summed E-state index contributed by atoms with van der Waals surface area (Å²) in [5.74, 6) is 0.165. The molecule has 0 fully saturated rings. The fraction of sp³-hybridized carbons (Fsp3) is 0.222. The Balaban J connectivity index is 2.12. The van der Waals surface area contributed by atoms with E-state index in [1.807, 2.05) is 19.1 Å². The summed E-state index contributed by atoms with van der Waals surface area (Å²) in [6, 6.07) is 12.8. The Morgan fingerprint density at radius 3 is 2.33 bits per heavy atom. The summed E-state index contributed by atoms with van der Waals surface area (Å²) in [6.45, 7) is 1.85. The number of benzene rings is 2. The van der Waals surface area contributed by atoms with Crippen molar-refractivity contribution in [3.63, 3.8) is 0 Å². The topological polar surface area (TPSA) is 76.7 Å². The van der Waals surface area contributed by atoms with Crippen LogP contribution < -0.4 is 15.4 Å². The van der Waals surface area contributed by atoms with Gasteiger partial charge in [-0.25, -0.2) is 9.59 Å². The van der Waals surface area contributed by atoms with Crippen LogP contribution in [0.25, 0.3) is 0 Å². The van der Waals surface area contributed by atoms with Crippen LogP contribution in [0.15, 0.2) is 48.5 Å². The summed E-state index contributed by atoms with van der Waals surface area (Å²) in [5.41, 5.74) is 2.12. The lowest BCUT2D eigenvalue weighted by Crippen LogP contribution is -2.37. The molecule has 2 aromatic carbocycles. The van der Waals surface area contributed by atoms with E-state index in [1.165, 1.54) is 7.11 Å². The van der Waals surface area contributed by atoms with E-state index >= 15 is 0 Å². The number of carbonyl (C=O) groups excluding carboxylic acids is 2. The second kappa shape index (κ2) is 8.01. The van der Waals surface area contributed by atoms with E-state index < -0.39 is 18.0 Å². The zero-order valence-corrected chi connectivity index (χ0v) is 13.8. The van der Waals surface area contributed by atoms with Crippen molar-refractivity contribution in [1.29, 1.82) is 0 Å². The van der Waals surface area contributed by atoms with Crippen LogP contribution >= 0.6 is 0 Å². The van der Waals surface area contributed by atoms with Crippen molar-refractivity contribution in [3.8, 4) is 5.75 Å². The van der Waals surface area contributed by atoms with E-state index in [1.54, 1.807) is 43.5 Å². The van der Waals surface area contributed by atoms with Gasteiger partial charge in [0.2, 0.25) is 0 Å². The van der Waals surface area contributed by atoms with Crippen LogP contribution in [0.5, 0.6) is 5.75 Å². The molecule has 0 aliphatic rings. The molecule has 0 saturated carbocycles. The van der Waals surface area contributed by atoms with Gasteiger partial charge in [0.05, 0.1) is 14.2 Å². The molecule has 0 saturated heterocycles. The number of urea groups is 1. The van der Waals surface area contributed by atoms with Crippen molar-refractivity contribution >= 4 is 17.7 Å². The van der Waals surface area contributed by atoms with E-state index in [4.69, 9.17) is 9.47 Å². The van der Waals surface area contributed by atoms with E-state index in [9.17, 15) is 9.59 Å². The summed E-state index contributed by atoms with van der Waals surface area (Å²) in [7, 11) is 2.86. The Bertz CT molecular complexity index is 716. The molecule has 6 heteroatoms. The van der Waals surface area contributed by atoms with Gasteiger partial charge in [-0.15, -0.1) is 0 Å². The lowest BCUT2D eigenvalue weighted by atomic mass is 10.1. The summed E-state index contributed by atoms with van der Waals surface area (Å²) in [6.07, 6.45) is 0. The zero-order chi connectivity index (χ0) is 17.5. The molecule has 0 aromatic heterocycles. The molecule has 2 aromatic rings. The van der Waals surface area contributed by atoms with Crippen LogP contribution in [-0.4, -0.2) is 26.2 Å². The highest BCUT2D eigenvalue weighted by Gasteiger charge is 2.23. The SMILES string of the molecule is COC(=O)C(NC(=O)Nc1ccc(OC)cc1C)c1ccccc1. The standard InChI is InChI=1S/C18H20N2O4/c1-12-11-14(23-2)9-10-15(12)19-18(22)20-16(17(21)24-3)13-7-5-4-6-8-13/h4-11,16H,1-3H3,(H2,19,20,22). The number of aryl methyl sites for hydroxylation is 1. The number of esters is 1. The van der Waals surface area contributed by atoms with Crippen LogP contribution in [0, 0.1) is 6.92 Å². The summed E-state index contributed by atoms with van der Waals surface area (Å²) in [5, 5.41) is 5.36. The summed E-state index contributed by atoms with van der Waals surface area (Å²) in [4.78, 5) is 24.2. The van der Waals surface area contributed by atoms with E-state index in [0.717, 1.165) is 5.56 Å². The third-order valence-electron chi connectivity index (χ3n) is 3.53. The predicted octanol–water partition coefficient (Wildman–Crippen LogP) is 3.04. The summed E-state index contributed by atoms with van der Waals surface area (Å²) >= 11 is 0. The monoisotopic (exact) mass is 328 g/mol. The van der Waals surface area contributed by atoms with Crippen molar-refractivity contribution in [3.05, 3.63) is 59.7 Å². The first-order valence-corrected chi connectivity index (χ1v) is 7.40. The largest absolute Gasteiger partial charge is 0.497 e. The lowest BCUT2D eigenvalue weighted by Gasteiger charge is -2.18. The third kappa shape index (κ3) is 4.25. The quantitative estimate of drug-likeness (QED) is 0.827. The Labute approximate surface area is 140 Å². The molecular formula is C18H20N2O4. The average molecular weight is 328 g/mol. The Kier molecular flexibility index (Phi) is 5.78. The maximum atomic E-state index is 12.3. The molecule has 2 N–H and O–H groups in total. The third-order valence-corrected chi connectivity index (χ3v) is 3.53. The highest BCUT2D eigenvalue weighted by Crippen LogP contribution is 2.21. The van der Waals surface area contributed by atoms with Crippen molar-refractivity contribution < 1.29 is 19.1 Å². The number of ether oxygens (including phenoxy) is 2. The molecule has 2 amide bonds. The van der Waals surface area contributed by atoms with Gasteiger partial charge < -0.3 is 20.1 Å². The van der Waals surface area contributed by atoms with Gasteiger partial charge >= 0.3 is 12.0 Å². The van der Waals surface area contributed by atoms with Crippen LogP contribution in [0.1, 0.15) is 17.2 Å². The molecule has 2 rings (SSSR count). The van der Waals surface area contributed by atoms with Gasteiger partial charge in [0.15, 0.2) is 6.04 Å². The number of rotatable bonds is 5. The van der Waals surface area contributed by atoms with Crippen LogP contribution in [-0.2, 0) is 9.53 Å². The van der Waals surface area contributed by atoms with Crippen LogP contribution in [0.4, 0.5) is 10.5 Å². The minimum Gasteiger partial charge on any atom is -0.497 e. The zero-order valence-electron chi connectivity index (χ0n) is 13.8. The van der Waals surface area contributed by atoms with Crippen molar-refractivity contribution in [1.82, 2.24) is 5.32 Å².